The van der Waals surface area contributed by atoms with E-state index in [9.17, 15) is 14.6 Å². The summed E-state index contributed by atoms with van der Waals surface area (Å²) in [7, 11) is 0. The highest BCUT2D eigenvalue weighted by atomic mass is 19.1. The van der Waals surface area contributed by atoms with Gasteiger partial charge in [-0.15, -0.1) is 0 Å². The van der Waals surface area contributed by atoms with Gasteiger partial charge in [0, 0.05) is 13.1 Å². The lowest BCUT2D eigenvalue weighted by Gasteiger charge is -2.35. The van der Waals surface area contributed by atoms with Gasteiger partial charge < -0.3 is 19.8 Å². The molecule has 0 aromatic heterocycles. The van der Waals surface area contributed by atoms with Gasteiger partial charge in [-0.25, -0.2) is 4.39 Å². The first-order valence-electron chi connectivity index (χ1n) is 7.51. The molecule has 1 heterocycles. The number of piperidine rings is 1. The lowest BCUT2D eigenvalue weighted by Crippen LogP contribution is -2.44. The molecule has 1 saturated heterocycles. The van der Waals surface area contributed by atoms with E-state index in [1.54, 1.807) is 12.1 Å². The summed E-state index contributed by atoms with van der Waals surface area (Å²) in [5, 5.41) is 19.7. The summed E-state index contributed by atoms with van der Waals surface area (Å²) in [6, 6.07) is 5.76. The molecule has 0 saturated carbocycles. The zero-order chi connectivity index (χ0) is 15.2. The molecule has 0 radical (unpaired) electrons. The van der Waals surface area contributed by atoms with Crippen molar-refractivity contribution in [2.45, 2.75) is 32.0 Å². The Kier molecular flexibility index (Phi) is 5.96. The van der Waals surface area contributed by atoms with Crippen LogP contribution in [0.1, 0.15) is 19.8 Å². The van der Waals surface area contributed by atoms with Crippen LogP contribution in [-0.4, -0.2) is 53.6 Å². The molecule has 0 aliphatic carbocycles. The number of likely N-dealkylation sites (tertiary alicyclic amines) is 1. The van der Waals surface area contributed by atoms with Gasteiger partial charge in [0.05, 0.1) is 6.10 Å². The molecule has 3 atom stereocenters. The van der Waals surface area contributed by atoms with Gasteiger partial charge in [0.2, 0.25) is 0 Å². The number of rotatable bonds is 6. The fourth-order valence-corrected chi connectivity index (χ4v) is 2.72. The molecule has 0 bridgehead atoms. The molecule has 2 rings (SSSR count). The number of aliphatic hydroxyl groups excluding tert-OH is 2. The number of hydrogen-bond donors (Lipinski definition) is 2. The van der Waals surface area contributed by atoms with Crippen LogP contribution in [0.5, 0.6) is 5.75 Å². The van der Waals surface area contributed by atoms with Gasteiger partial charge >= 0.3 is 0 Å². The molecule has 1 aliphatic rings. The highest BCUT2D eigenvalue weighted by Gasteiger charge is 2.24. The van der Waals surface area contributed by atoms with E-state index in [1.807, 2.05) is 6.92 Å². The molecule has 118 valence electrons. The quantitative estimate of drug-likeness (QED) is 0.838. The SMILES string of the molecule is CC(O)C1CCCN(CC(O)COc2ccc(F)cc2)C1. The predicted octanol–water partition coefficient (Wildman–Crippen LogP) is 1.66. The maximum atomic E-state index is 12.8. The van der Waals surface area contributed by atoms with E-state index in [-0.39, 0.29) is 24.4 Å². The van der Waals surface area contributed by atoms with Crippen molar-refractivity contribution in [3.05, 3.63) is 30.1 Å². The fourth-order valence-electron chi connectivity index (χ4n) is 2.72. The largest absolute Gasteiger partial charge is 0.491 e. The van der Waals surface area contributed by atoms with E-state index in [0.717, 1.165) is 25.9 Å². The number of β-amino-alcohol motifs (C(OH)–C–C–N with tert-alkyl or cyclic N) is 1. The summed E-state index contributed by atoms with van der Waals surface area (Å²) in [4.78, 5) is 2.17. The van der Waals surface area contributed by atoms with Crippen molar-refractivity contribution in [2.24, 2.45) is 5.92 Å². The van der Waals surface area contributed by atoms with Gasteiger partial charge in [0.1, 0.15) is 24.3 Å². The smallest absolute Gasteiger partial charge is 0.123 e. The second kappa shape index (κ2) is 7.73. The Bertz CT molecular complexity index is 424. The highest BCUT2D eigenvalue weighted by Crippen LogP contribution is 2.20. The first-order chi connectivity index (χ1) is 10.0. The Morgan fingerprint density at radius 1 is 1.33 bits per heavy atom. The van der Waals surface area contributed by atoms with Gasteiger partial charge in [-0.2, -0.15) is 0 Å². The second-order valence-corrected chi connectivity index (χ2v) is 5.82. The number of aliphatic hydroxyl groups is 2. The van der Waals surface area contributed by atoms with E-state index < -0.39 is 6.10 Å². The third-order valence-corrected chi connectivity index (χ3v) is 3.95. The van der Waals surface area contributed by atoms with E-state index in [2.05, 4.69) is 4.90 Å². The Labute approximate surface area is 125 Å². The first-order valence-corrected chi connectivity index (χ1v) is 7.51. The van der Waals surface area contributed by atoms with Crippen molar-refractivity contribution in [3.63, 3.8) is 0 Å². The van der Waals surface area contributed by atoms with Crippen LogP contribution in [0, 0.1) is 11.7 Å². The van der Waals surface area contributed by atoms with Crippen LogP contribution >= 0.6 is 0 Å². The van der Waals surface area contributed by atoms with E-state index >= 15 is 0 Å². The molecule has 5 heteroatoms. The van der Waals surface area contributed by atoms with Gasteiger partial charge in [-0.3, -0.25) is 0 Å². The third kappa shape index (κ3) is 5.26. The summed E-state index contributed by atoms with van der Waals surface area (Å²) in [6.45, 7) is 4.29. The normalized spacial score (nSPS) is 22.8. The molecule has 1 aliphatic heterocycles. The van der Waals surface area contributed by atoms with E-state index in [4.69, 9.17) is 4.74 Å². The van der Waals surface area contributed by atoms with E-state index in [0.29, 0.717) is 12.3 Å². The molecule has 4 nitrogen and oxygen atoms in total. The van der Waals surface area contributed by atoms with Crippen LogP contribution in [0.25, 0.3) is 0 Å². The van der Waals surface area contributed by atoms with Crippen LogP contribution in [0.4, 0.5) is 4.39 Å². The third-order valence-electron chi connectivity index (χ3n) is 3.95. The van der Waals surface area contributed by atoms with Crippen molar-refractivity contribution in [1.29, 1.82) is 0 Å². The molecule has 21 heavy (non-hydrogen) atoms. The zero-order valence-corrected chi connectivity index (χ0v) is 12.4. The number of nitrogens with zero attached hydrogens (tertiary/aromatic N) is 1. The molecule has 1 fully saturated rings. The van der Waals surface area contributed by atoms with Crippen LogP contribution in [0.15, 0.2) is 24.3 Å². The van der Waals surface area contributed by atoms with Gasteiger partial charge in [-0.05, 0) is 56.5 Å². The summed E-state index contributed by atoms with van der Waals surface area (Å²) in [5.41, 5.74) is 0. The average Bonchev–Trinajstić information content (AvgIpc) is 2.47. The second-order valence-electron chi connectivity index (χ2n) is 5.82. The molecule has 2 N–H and O–H groups in total. The lowest BCUT2D eigenvalue weighted by atomic mass is 9.93. The fraction of sp³-hybridized carbons (Fsp3) is 0.625. The summed E-state index contributed by atoms with van der Waals surface area (Å²) >= 11 is 0. The summed E-state index contributed by atoms with van der Waals surface area (Å²) in [5.74, 6) is 0.528. The molecular formula is C16H24FNO3. The van der Waals surface area contributed by atoms with Gasteiger partial charge in [0.25, 0.3) is 0 Å². The molecule has 0 spiro atoms. The van der Waals surface area contributed by atoms with Crippen molar-refractivity contribution >= 4 is 0 Å². The lowest BCUT2D eigenvalue weighted by molar-refractivity contribution is 0.0244. The van der Waals surface area contributed by atoms with E-state index in [1.165, 1.54) is 12.1 Å². The zero-order valence-electron chi connectivity index (χ0n) is 12.4. The minimum Gasteiger partial charge on any atom is -0.491 e. The van der Waals surface area contributed by atoms with Crippen molar-refractivity contribution < 1.29 is 19.3 Å². The molecular weight excluding hydrogens is 273 g/mol. The molecule has 1 aromatic rings. The summed E-state index contributed by atoms with van der Waals surface area (Å²) in [6.07, 6.45) is 1.18. The minimum atomic E-state index is -0.595. The monoisotopic (exact) mass is 297 g/mol. The predicted molar refractivity (Wildman–Crippen MR) is 78.7 cm³/mol. The Balaban J connectivity index is 1.73. The van der Waals surface area contributed by atoms with Crippen LogP contribution in [0.2, 0.25) is 0 Å². The van der Waals surface area contributed by atoms with Crippen molar-refractivity contribution in [1.82, 2.24) is 4.90 Å². The van der Waals surface area contributed by atoms with Crippen LogP contribution in [-0.2, 0) is 0 Å². The van der Waals surface area contributed by atoms with Crippen molar-refractivity contribution in [2.75, 3.05) is 26.2 Å². The van der Waals surface area contributed by atoms with Gasteiger partial charge in [0.15, 0.2) is 0 Å². The molecule has 0 amide bonds. The molecule has 1 aromatic carbocycles. The Morgan fingerprint density at radius 3 is 2.71 bits per heavy atom. The molecule has 3 unspecified atom stereocenters. The Morgan fingerprint density at radius 2 is 2.05 bits per heavy atom. The number of halogens is 1. The standard InChI is InChI=1S/C16H24FNO3/c1-12(19)13-3-2-8-18(9-13)10-15(20)11-21-16-6-4-14(17)5-7-16/h4-7,12-13,15,19-20H,2-3,8-11H2,1H3. The first kappa shape index (κ1) is 16.2. The Hall–Kier alpha value is -1.17. The minimum absolute atomic E-state index is 0.182. The number of ether oxygens (including phenoxy) is 1. The number of benzene rings is 1. The average molecular weight is 297 g/mol. The summed E-state index contributed by atoms with van der Waals surface area (Å²) < 4.78 is 18.2. The van der Waals surface area contributed by atoms with Gasteiger partial charge in [-0.1, -0.05) is 0 Å². The van der Waals surface area contributed by atoms with Crippen LogP contribution < -0.4 is 4.74 Å². The topological polar surface area (TPSA) is 52.9 Å². The maximum absolute atomic E-state index is 12.8. The van der Waals surface area contributed by atoms with Crippen molar-refractivity contribution in [3.8, 4) is 5.75 Å². The highest BCUT2D eigenvalue weighted by molar-refractivity contribution is 5.22. The van der Waals surface area contributed by atoms with Crippen LogP contribution in [0.3, 0.4) is 0 Å². The maximum Gasteiger partial charge on any atom is 0.123 e. The number of hydrogen-bond acceptors (Lipinski definition) is 4.